The third-order valence-electron chi connectivity index (χ3n) is 1.97. The minimum absolute atomic E-state index is 0.0805. The van der Waals surface area contributed by atoms with Crippen molar-refractivity contribution in [3.63, 3.8) is 0 Å². The van der Waals surface area contributed by atoms with Gasteiger partial charge in [0.1, 0.15) is 4.87 Å². The molecular formula is C7H6Cl2N2O4. The summed E-state index contributed by atoms with van der Waals surface area (Å²) in [6.07, 6.45) is 0.679. The number of allylic oxidation sites excluding steroid dienone is 3. The van der Waals surface area contributed by atoms with E-state index >= 15 is 0 Å². The van der Waals surface area contributed by atoms with E-state index in [0.717, 1.165) is 6.08 Å². The first kappa shape index (κ1) is 11.9. The average molecular weight is 253 g/mol. The molecule has 0 aliphatic heterocycles. The zero-order chi connectivity index (χ0) is 11.8. The molecule has 0 spiro atoms. The van der Waals surface area contributed by atoms with Crippen molar-refractivity contribution in [3.05, 3.63) is 42.7 Å². The highest BCUT2D eigenvalue weighted by atomic mass is 35.5. The Hall–Kier alpha value is -1.14. The van der Waals surface area contributed by atoms with Crippen molar-refractivity contribution in [1.29, 1.82) is 0 Å². The highest BCUT2D eigenvalue weighted by Gasteiger charge is 2.43. The quantitative estimate of drug-likeness (QED) is 0.429. The number of alkyl halides is 1. The van der Waals surface area contributed by atoms with Gasteiger partial charge in [-0.05, 0) is 6.92 Å². The zero-order valence-electron chi connectivity index (χ0n) is 7.57. The molecule has 0 saturated heterocycles. The highest BCUT2D eigenvalue weighted by Crippen LogP contribution is 2.39. The lowest BCUT2D eigenvalue weighted by Crippen LogP contribution is -2.29. The molecule has 0 fully saturated rings. The van der Waals surface area contributed by atoms with Gasteiger partial charge in [-0.15, -0.1) is 11.6 Å². The smallest absolute Gasteiger partial charge is 0.259 e. The van der Waals surface area contributed by atoms with Gasteiger partial charge in [-0.25, -0.2) is 0 Å². The summed E-state index contributed by atoms with van der Waals surface area (Å²) >= 11 is 11.5. The molecule has 15 heavy (non-hydrogen) atoms. The summed E-state index contributed by atoms with van der Waals surface area (Å²) in [5.41, 5.74) is -0.887. The number of hydrogen-bond acceptors (Lipinski definition) is 4. The second-order valence-electron chi connectivity index (χ2n) is 3.21. The lowest BCUT2D eigenvalue weighted by molar-refractivity contribution is -0.441. The van der Waals surface area contributed by atoms with Gasteiger partial charge < -0.3 is 0 Å². The van der Waals surface area contributed by atoms with Crippen molar-refractivity contribution in [2.45, 2.75) is 18.2 Å². The maximum atomic E-state index is 10.6. The first-order valence-corrected chi connectivity index (χ1v) is 4.60. The fourth-order valence-corrected chi connectivity index (χ4v) is 1.94. The van der Waals surface area contributed by atoms with Crippen LogP contribution in [0.15, 0.2) is 22.5 Å². The van der Waals surface area contributed by atoms with Crippen LogP contribution in [0.2, 0.25) is 0 Å². The first-order chi connectivity index (χ1) is 6.75. The van der Waals surface area contributed by atoms with E-state index in [4.69, 9.17) is 23.2 Å². The summed E-state index contributed by atoms with van der Waals surface area (Å²) in [6.45, 7) is 1.39. The number of nitro groups is 2. The Morgan fingerprint density at radius 1 is 1.40 bits per heavy atom. The average Bonchev–Trinajstić information content (AvgIpc) is 1.99. The van der Waals surface area contributed by atoms with Crippen LogP contribution < -0.4 is 0 Å². The van der Waals surface area contributed by atoms with E-state index in [9.17, 15) is 20.2 Å². The minimum atomic E-state index is -1.31. The van der Waals surface area contributed by atoms with Crippen LogP contribution in [0.1, 0.15) is 13.3 Å². The molecule has 0 aromatic rings. The van der Waals surface area contributed by atoms with E-state index in [2.05, 4.69) is 0 Å². The Kier molecular flexibility index (Phi) is 3.01. The molecule has 0 saturated carbocycles. The molecule has 82 valence electrons. The molecule has 8 heteroatoms. The first-order valence-electron chi connectivity index (χ1n) is 3.84. The molecule has 1 atom stereocenters. The van der Waals surface area contributed by atoms with Gasteiger partial charge in [0, 0.05) is 6.42 Å². The summed E-state index contributed by atoms with van der Waals surface area (Å²) < 4.78 is 0. The Morgan fingerprint density at radius 2 is 1.93 bits per heavy atom. The lowest BCUT2D eigenvalue weighted by Gasteiger charge is -2.20. The number of nitrogens with zero attached hydrogens (tertiary/aromatic N) is 2. The van der Waals surface area contributed by atoms with Gasteiger partial charge in [0.2, 0.25) is 0 Å². The van der Waals surface area contributed by atoms with Crippen molar-refractivity contribution in [3.8, 4) is 0 Å². The van der Waals surface area contributed by atoms with Gasteiger partial charge in [0.05, 0.1) is 21.0 Å². The van der Waals surface area contributed by atoms with Crippen molar-refractivity contribution >= 4 is 23.2 Å². The second-order valence-corrected chi connectivity index (χ2v) is 4.50. The molecule has 0 aromatic carbocycles. The summed E-state index contributed by atoms with van der Waals surface area (Å²) in [5, 5.41) is 21.0. The van der Waals surface area contributed by atoms with Crippen molar-refractivity contribution in [1.82, 2.24) is 0 Å². The summed E-state index contributed by atoms with van der Waals surface area (Å²) in [4.78, 5) is 18.3. The molecule has 1 aliphatic rings. The van der Waals surface area contributed by atoms with Gasteiger partial charge in [-0.1, -0.05) is 11.6 Å². The van der Waals surface area contributed by atoms with E-state index in [1.54, 1.807) is 0 Å². The van der Waals surface area contributed by atoms with Crippen molar-refractivity contribution in [2.24, 2.45) is 0 Å². The Bertz CT molecular complexity index is 400. The Labute approximate surface area is 94.5 Å². The van der Waals surface area contributed by atoms with Gasteiger partial charge in [-0.3, -0.25) is 20.2 Å². The monoisotopic (exact) mass is 252 g/mol. The van der Waals surface area contributed by atoms with Gasteiger partial charge >= 0.3 is 0 Å². The van der Waals surface area contributed by atoms with Gasteiger partial charge in [0.15, 0.2) is 0 Å². The van der Waals surface area contributed by atoms with Crippen LogP contribution in [-0.4, -0.2) is 14.7 Å². The van der Waals surface area contributed by atoms with Crippen molar-refractivity contribution in [2.75, 3.05) is 0 Å². The van der Waals surface area contributed by atoms with Crippen LogP contribution in [0.4, 0.5) is 0 Å². The van der Waals surface area contributed by atoms with E-state index in [-0.39, 0.29) is 11.5 Å². The predicted molar refractivity (Wildman–Crippen MR) is 53.8 cm³/mol. The lowest BCUT2D eigenvalue weighted by atomic mass is 9.96. The molecule has 1 rings (SSSR count). The fraction of sp³-hybridized carbons (Fsp3) is 0.429. The molecule has 1 unspecified atom stereocenters. The molecule has 6 nitrogen and oxygen atoms in total. The summed E-state index contributed by atoms with van der Waals surface area (Å²) in [5.74, 6) is 0. The Balaban J connectivity index is 3.28. The van der Waals surface area contributed by atoms with Crippen LogP contribution >= 0.6 is 23.2 Å². The van der Waals surface area contributed by atoms with E-state index in [1.165, 1.54) is 6.92 Å². The standard InChI is InChI=1S/C7H6Cl2N2O4/c1-7(9)3-4(8)5(10(12)13)2-6(7)11(14)15/h2H,3H2,1H3. The maximum absolute atomic E-state index is 10.6. The number of hydrogen-bond donors (Lipinski definition) is 0. The predicted octanol–water partition coefficient (Wildman–Crippen LogP) is 2.28. The van der Waals surface area contributed by atoms with Crippen LogP contribution in [0, 0.1) is 20.2 Å². The second kappa shape index (κ2) is 3.79. The summed E-state index contributed by atoms with van der Waals surface area (Å²) in [6, 6.07) is 0. The van der Waals surface area contributed by atoms with Crippen LogP contribution in [0.3, 0.4) is 0 Å². The highest BCUT2D eigenvalue weighted by molar-refractivity contribution is 6.32. The van der Waals surface area contributed by atoms with Crippen LogP contribution in [-0.2, 0) is 0 Å². The topological polar surface area (TPSA) is 86.3 Å². The molecule has 0 N–H and O–H groups in total. The molecule has 0 aromatic heterocycles. The summed E-state index contributed by atoms with van der Waals surface area (Å²) in [7, 11) is 0. The number of rotatable bonds is 2. The van der Waals surface area contributed by atoms with Gasteiger partial charge in [-0.2, -0.15) is 0 Å². The Morgan fingerprint density at radius 3 is 2.33 bits per heavy atom. The van der Waals surface area contributed by atoms with Crippen molar-refractivity contribution < 1.29 is 9.85 Å². The molecule has 0 radical (unpaired) electrons. The fourth-order valence-electron chi connectivity index (χ4n) is 1.23. The third kappa shape index (κ3) is 2.27. The number of halogens is 2. The van der Waals surface area contributed by atoms with Crippen LogP contribution in [0.5, 0.6) is 0 Å². The molecule has 0 amide bonds. The molecule has 0 heterocycles. The van der Waals surface area contributed by atoms with Crippen LogP contribution in [0.25, 0.3) is 0 Å². The largest absolute Gasteiger partial charge is 0.290 e. The SMILES string of the molecule is CC1(Cl)CC(Cl)=C([N+](=O)[O-])C=C1[N+](=O)[O-]. The molecule has 1 aliphatic carbocycles. The maximum Gasteiger partial charge on any atom is 0.290 e. The normalized spacial score (nSPS) is 26.2. The minimum Gasteiger partial charge on any atom is -0.259 e. The van der Waals surface area contributed by atoms with Gasteiger partial charge in [0.25, 0.3) is 11.4 Å². The molecular weight excluding hydrogens is 247 g/mol. The van der Waals surface area contributed by atoms with E-state index in [0.29, 0.717) is 0 Å². The van der Waals surface area contributed by atoms with E-state index in [1.807, 2.05) is 0 Å². The zero-order valence-corrected chi connectivity index (χ0v) is 9.08. The third-order valence-corrected chi connectivity index (χ3v) is 2.62. The molecule has 0 bridgehead atoms. The van der Waals surface area contributed by atoms with E-state index < -0.39 is 26.1 Å².